The number of ether oxygens (including phenoxy) is 1. The van der Waals surface area contributed by atoms with E-state index >= 15 is 0 Å². The monoisotopic (exact) mass is 240 g/mol. The molecule has 0 unspecified atom stereocenters. The van der Waals surface area contributed by atoms with Crippen LogP contribution >= 0.6 is 11.3 Å². The fourth-order valence-corrected chi connectivity index (χ4v) is 1.82. The van der Waals surface area contributed by atoms with Gasteiger partial charge in [0.05, 0.1) is 6.61 Å². The van der Waals surface area contributed by atoms with Crippen molar-refractivity contribution in [2.45, 2.75) is 6.54 Å². The zero-order valence-corrected chi connectivity index (χ0v) is 9.65. The summed E-state index contributed by atoms with van der Waals surface area (Å²) in [7, 11) is 1.68. The van der Waals surface area contributed by atoms with E-state index in [-0.39, 0.29) is 0 Å². The van der Waals surface area contributed by atoms with Gasteiger partial charge in [0.15, 0.2) is 0 Å². The number of hydrogen-bond donors (Lipinski definition) is 1. The van der Waals surface area contributed by atoms with E-state index in [1.165, 1.54) is 17.7 Å². The molecule has 0 spiro atoms. The molecule has 0 aliphatic rings. The van der Waals surface area contributed by atoms with Crippen LogP contribution in [0.15, 0.2) is 12.7 Å². The van der Waals surface area contributed by atoms with Gasteiger partial charge in [0, 0.05) is 20.2 Å². The molecule has 2 rings (SSSR count). The SMILES string of the molecule is COCCNCc1nnc(-n2cncn2)s1. The molecule has 16 heavy (non-hydrogen) atoms. The van der Waals surface area contributed by atoms with Gasteiger partial charge < -0.3 is 10.1 Å². The van der Waals surface area contributed by atoms with Gasteiger partial charge in [-0.3, -0.25) is 0 Å². The molecule has 8 heteroatoms. The Labute approximate surface area is 96.5 Å². The van der Waals surface area contributed by atoms with Crippen LogP contribution in [-0.4, -0.2) is 45.2 Å². The molecule has 0 aliphatic heterocycles. The number of nitrogens with zero attached hydrogens (tertiary/aromatic N) is 5. The fourth-order valence-electron chi connectivity index (χ4n) is 1.09. The maximum atomic E-state index is 4.93. The van der Waals surface area contributed by atoms with Gasteiger partial charge in [-0.1, -0.05) is 11.3 Å². The minimum Gasteiger partial charge on any atom is -0.383 e. The van der Waals surface area contributed by atoms with Gasteiger partial charge in [-0.05, 0) is 0 Å². The number of aromatic nitrogens is 5. The predicted octanol–water partition coefficient (Wildman–Crippen LogP) is -0.145. The van der Waals surface area contributed by atoms with Crippen LogP contribution in [0.4, 0.5) is 0 Å². The lowest BCUT2D eigenvalue weighted by molar-refractivity contribution is 0.199. The highest BCUT2D eigenvalue weighted by molar-refractivity contribution is 7.13. The maximum absolute atomic E-state index is 4.93. The Morgan fingerprint density at radius 2 is 2.44 bits per heavy atom. The van der Waals surface area contributed by atoms with Crippen molar-refractivity contribution < 1.29 is 4.74 Å². The lowest BCUT2D eigenvalue weighted by atomic mass is 10.6. The summed E-state index contributed by atoms with van der Waals surface area (Å²) in [6.07, 6.45) is 3.07. The van der Waals surface area contributed by atoms with Crippen LogP contribution < -0.4 is 5.32 Å². The summed E-state index contributed by atoms with van der Waals surface area (Å²) in [6, 6.07) is 0. The van der Waals surface area contributed by atoms with Gasteiger partial charge in [-0.25, -0.2) is 4.98 Å². The first-order chi connectivity index (χ1) is 7.90. The highest BCUT2D eigenvalue weighted by Crippen LogP contribution is 2.12. The van der Waals surface area contributed by atoms with Crippen LogP contribution in [0.3, 0.4) is 0 Å². The van der Waals surface area contributed by atoms with Crippen molar-refractivity contribution in [3.8, 4) is 5.13 Å². The van der Waals surface area contributed by atoms with Crippen molar-refractivity contribution in [3.05, 3.63) is 17.7 Å². The summed E-state index contributed by atoms with van der Waals surface area (Å²) in [6.45, 7) is 2.18. The molecule has 7 nitrogen and oxygen atoms in total. The van der Waals surface area contributed by atoms with E-state index < -0.39 is 0 Å². The molecule has 2 aromatic rings. The Bertz CT molecular complexity index is 414. The third-order valence-corrected chi connectivity index (χ3v) is 2.74. The smallest absolute Gasteiger partial charge is 0.234 e. The minimum atomic E-state index is 0.689. The first-order valence-corrected chi connectivity index (χ1v) is 5.59. The van der Waals surface area contributed by atoms with Crippen molar-refractivity contribution >= 4 is 11.3 Å². The lowest BCUT2D eigenvalue weighted by Gasteiger charge is -1.99. The average Bonchev–Trinajstić information content (AvgIpc) is 2.94. The Kier molecular flexibility index (Phi) is 3.91. The molecule has 0 radical (unpaired) electrons. The van der Waals surface area contributed by atoms with Gasteiger partial charge in [0.2, 0.25) is 5.13 Å². The van der Waals surface area contributed by atoms with Crippen LogP contribution in [0, 0.1) is 0 Å². The number of hydrogen-bond acceptors (Lipinski definition) is 7. The summed E-state index contributed by atoms with van der Waals surface area (Å²) in [5, 5.41) is 16.9. The lowest BCUT2D eigenvalue weighted by Crippen LogP contribution is -2.18. The summed E-state index contributed by atoms with van der Waals surface area (Å²) in [5.41, 5.74) is 0. The molecule has 0 aromatic carbocycles. The van der Waals surface area contributed by atoms with Crippen LogP contribution in [-0.2, 0) is 11.3 Å². The number of rotatable bonds is 6. The summed E-state index contributed by atoms with van der Waals surface area (Å²) < 4.78 is 6.52. The average molecular weight is 240 g/mol. The van der Waals surface area contributed by atoms with E-state index in [1.807, 2.05) is 0 Å². The normalized spacial score (nSPS) is 10.8. The Morgan fingerprint density at radius 3 is 3.19 bits per heavy atom. The van der Waals surface area contributed by atoms with Crippen molar-refractivity contribution in [3.63, 3.8) is 0 Å². The molecule has 0 aliphatic carbocycles. The Morgan fingerprint density at radius 1 is 1.50 bits per heavy atom. The van der Waals surface area contributed by atoms with Gasteiger partial charge >= 0.3 is 0 Å². The fraction of sp³-hybridized carbons (Fsp3) is 0.500. The van der Waals surface area contributed by atoms with Gasteiger partial charge in [0.1, 0.15) is 17.7 Å². The second-order valence-corrected chi connectivity index (χ2v) is 4.03. The first kappa shape index (κ1) is 11.1. The Hall–Kier alpha value is -1.38. The van der Waals surface area contributed by atoms with Crippen LogP contribution in [0.2, 0.25) is 0 Å². The van der Waals surface area contributed by atoms with Crippen molar-refractivity contribution in [1.29, 1.82) is 0 Å². The van der Waals surface area contributed by atoms with E-state index in [1.54, 1.807) is 18.1 Å². The first-order valence-electron chi connectivity index (χ1n) is 4.77. The molecule has 1 N–H and O–H groups in total. The molecule has 0 amide bonds. The molecule has 86 valence electrons. The van der Waals surface area contributed by atoms with E-state index in [2.05, 4.69) is 25.6 Å². The minimum absolute atomic E-state index is 0.689. The molecule has 0 atom stereocenters. The van der Waals surface area contributed by atoms with Gasteiger partial charge in [-0.15, -0.1) is 10.2 Å². The van der Waals surface area contributed by atoms with Crippen LogP contribution in [0.25, 0.3) is 5.13 Å². The van der Waals surface area contributed by atoms with Crippen molar-refractivity contribution in [2.24, 2.45) is 0 Å². The standard InChI is InChI=1S/C8H12N6OS/c1-15-3-2-9-4-7-12-13-8(16-7)14-6-10-5-11-14/h5-6,9H,2-4H2,1H3. The van der Waals surface area contributed by atoms with Crippen molar-refractivity contribution in [2.75, 3.05) is 20.3 Å². The second-order valence-electron chi connectivity index (χ2n) is 2.99. The molecule has 2 aromatic heterocycles. The summed E-state index contributed by atoms with van der Waals surface area (Å²) in [5.74, 6) is 0. The Balaban J connectivity index is 1.88. The number of methoxy groups -OCH3 is 1. The highest BCUT2D eigenvalue weighted by Gasteiger charge is 2.05. The number of nitrogens with one attached hydrogen (secondary N) is 1. The molecule has 0 fully saturated rings. The van der Waals surface area contributed by atoms with Crippen LogP contribution in [0.1, 0.15) is 5.01 Å². The van der Waals surface area contributed by atoms with Crippen LogP contribution in [0.5, 0.6) is 0 Å². The summed E-state index contributed by atoms with van der Waals surface area (Å²) in [4.78, 5) is 3.85. The largest absolute Gasteiger partial charge is 0.383 e. The zero-order valence-electron chi connectivity index (χ0n) is 8.83. The van der Waals surface area contributed by atoms with Gasteiger partial charge in [-0.2, -0.15) is 9.78 Å². The quantitative estimate of drug-likeness (QED) is 0.708. The third kappa shape index (κ3) is 2.81. The summed E-state index contributed by atoms with van der Waals surface area (Å²) >= 11 is 1.48. The topological polar surface area (TPSA) is 77.8 Å². The van der Waals surface area contributed by atoms with Gasteiger partial charge in [0.25, 0.3) is 0 Å². The molecule has 0 bridgehead atoms. The maximum Gasteiger partial charge on any atom is 0.234 e. The van der Waals surface area contributed by atoms with E-state index in [4.69, 9.17) is 4.74 Å². The van der Waals surface area contributed by atoms with E-state index in [0.29, 0.717) is 13.2 Å². The molecular formula is C8H12N6OS. The predicted molar refractivity (Wildman–Crippen MR) is 58.4 cm³/mol. The highest BCUT2D eigenvalue weighted by atomic mass is 32.1. The molecule has 0 saturated heterocycles. The molecular weight excluding hydrogens is 228 g/mol. The molecule has 0 saturated carbocycles. The second kappa shape index (κ2) is 5.64. The zero-order chi connectivity index (χ0) is 11.2. The van der Waals surface area contributed by atoms with E-state index in [0.717, 1.165) is 16.7 Å². The van der Waals surface area contributed by atoms with E-state index in [9.17, 15) is 0 Å². The molecule has 2 heterocycles. The van der Waals surface area contributed by atoms with Crippen molar-refractivity contribution in [1.82, 2.24) is 30.3 Å². The third-order valence-electron chi connectivity index (χ3n) is 1.83.